The normalized spacial score (nSPS) is 18.9. The van der Waals surface area contributed by atoms with Gasteiger partial charge in [-0.25, -0.2) is 0 Å². The number of rotatable bonds is 2. The Morgan fingerprint density at radius 2 is 2.15 bits per heavy atom. The fraction of sp³-hybridized carbons (Fsp3) is 0.200. The molecule has 2 heterocycles. The highest BCUT2D eigenvalue weighted by Gasteiger charge is 2.28. The van der Waals surface area contributed by atoms with Gasteiger partial charge < -0.3 is 0 Å². The molecule has 0 aliphatic carbocycles. The average Bonchev–Trinajstić information content (AvgIpc) is 2.46. The van der Waals surface area contributed by atoms with Crippen LogP contribution in [0, 0.1) is 0 Å². The van der Waals surface area contributed by atoms with Crippen molar-refractivity contribution < 1.29 is 14.4 Å². The van der Waals surface area contributed by atoms with E-state index in [9.17, 15) is 14.4 Å². The van der Waals surface area contributed by atoms with Crippen molar-refractivity contribution in [1.82, 2.24) is 10.3 Å². The van der Waals surface area contributed by atoms with Crippen molar-refractivity contribution in [2.24, 2.45) is 0 Å². The van der Waals surface area contributed by atoms with E-state index < -0.39 is 0 Å². The first kappa shape index (κ1) is 12.5. The molecule has 20 heavy (non-hydrogen) atoms. The predicted octanol–water partition coefficient (Wildman–Crippen LogP) is 1.57. The van der Waals surface area contributed by atoms with Gasteiger partial charge in [-0.05, 0) is 24.1 Å². The number of nitrogens with zero attached hydrogens (tertiary/aromatic N) is 1. The van der Waals surface area contributed by atoms with Crippen LogP contribution in [0.3, 0.4) is 0 Å². The molecule has 0 saturated carbocycles. The van der Waals surface area contributed by atoms with Crippen LogP contribution in [0.2, 0.25) is 0 Å². The van der Waals surface area contributed by atoms with E-state index in [0.29, 0.717) is 23.9 Å². The van der Waals surface area contributed by atoms with Crippen molar-refractivity contribution >= 4 is 29.0 Å². The highest BCUT2D eigenvalue weighted by atomic mass is 16.2. The molecule has 2 aromatic rings. The molecule has 1 unspecified atom stereocenters. The van der Waals surface area contributed by atoms with E-state index in [0.717, 1.165) is 17.2 Å². The van der Waals surface area contributed by atoms with Gasteiger partial charge in [-0.1, -0.05) is 12.1 Å². The number of para-hydroxylation sites is 1. The van der Waals surface area contributed by atoms with Crippen molar-refractivity contribution in [3.63, 3.8) is 0 Å². The van der Waals surface area contributed by atoms with Crippen LogP contribution in [-0.2, 0) is 9.59 Å². The molecule has 1 fully saturated rings. The van der Waals surface area contributed by atoms with Crippen LogP contribution in [0.1, 0.15) is 34.7 Å². The Balaban J connectivity index is 2.03. The number of benzene rings is 1. The number of amides is 2. The third kappa shape index (κ3) is 2.07. The van der Waals surface area contributed by atoms with E-state index in [1.165, 1.54) is 0 Å². The monoisotopic (exact) mass is 268 g/mol. The molecule has 3 rings (SSSR count). The minimum absolute atomic E-state index is 0.233. The molecule has 1 N–H and O–H groups in total. The Morgan fingerprint density at radius 1 is 1.30 bits per heavy atom. The van der Waals surface area contributed by atoms with Gasteiger partial charge in [0.15, 0.2) is 6.29 Å². The zero-order valence-corrected chi connectivity index (χ0v) is 10.6. The molecule has 0 bridgehead atoms. The van der Waals surface area contributed by atoms with Gasteiger partial charge in [-0.2, -0.15) is 0 Å². The zero-order chi connectivity index (χ0) is 14.1. The van der Waals surface area contributed by atoms with Crippen LogP contribution in [-0.4, -0.2) is 23.1 Å². The van der Waals surface area contributed by atoms with E-state index in [1.807, 2.05) is 12.1 Å². The first-order valence-corrected chi connectivity index (χ1v) is 6.36. The number of carbonyl (C=O) groups is 3. The summed E-state index contributed by atoms with van der Waals surface area (Å²) >= 11 is 0. The number of aromatic nitrogens is 1. The Morgan fingerprint density at radius 3 is 2.90 bits per heavy atom. The maximum atomic E-state index is 11.8. The van der Waals surface area contributed by atoms with Gasteiger partial charge in [-0.15, -0.1) is 0 Å². The molecule has 1 aliphatic rings. The summed E-state index contributed by atoms with van der Waals surface area (Å²) in [6.07, 6.45) is 3.20. The second-order valence-electron chi connectivity index (χ2n) is 4.81. The summed E-state index contributed by atoms with van der Waals surface area (Å²) in [5.41, 5.74) is 1.92. The van der Waals surface area contributed by atoms with Crippen molar-refractivity contribution in [3.8, 4) is 0 Å². The third-order valence-electron chi connectivity index (χ3n) is 3.53. The molecule has 1 saturated heterocycles. The van der Waals surface area contributed by atoms with Crippen LogP contribution in [0.15, 0.2) is 30.5 Å². The molecule has 0 radical (unpaired) electrons. The Kier molecular flexibility index (Phi) is 3.02. The number of piperidine rings is 1. The first-order valence-electron chi connectivity index (χ1n) is 6.36. The van der Waals surface area contributed by atoms with E-state index in [1.54, 1.807) is 18.3 Å². The Bertz CT molecular complexity index is 724. The summed E-state index contributed by atoms with van der Waals surface area (Å²) in [4.78, 5) is 38.2. The SMILES string of the molecule is O=Cc1cccc2cc(C3CCC(=O)NC3=O)cnc12. The lowest BCUT2D eigenvalue weighted by molar-refractivity contribution is -0.134. The number of carbonyl (C=O) groups excluding carboxylic acids is 3. The summed E-state index contributed by atoms with van der Waals surface area (Å²) in [5.74, 6) is -0.873. The fourth-order valence-electron chi connectivity index (χ4n) is 2.50. The van der Waals surface area contributed by atoms with Crippen LogP contribution in [0.5, 0.6) is 0 Å². The maximum absolute atomic E-state index is 11.8. The number of pyridine rings is 1. The van der Waals surface area contributed by atoms with Gasteiger partial charge in [0.1, 0.15) is 0 Å². The summed E-state index contributed by atoms with van der Waals surface area (Å²) in [6, 6.07) is 7.19. The van der Waals surface area contributed by atoms with Gasteiger partial charge in [0.25, 0.3) is 0 Å². The number of imide groups is 1. The quantitative estimate of drug-likeness (QED) is 0.662. The van der Waals surface area contributed by atoms with E-state index in [2.05, 4.69) is 10.3 Å². The summed E-state index contributed by atoms with van der Waals surface area (Å²) in [5, 5.41) is 3.15. The topological polar surface area (TPSA) is 76.1 Å². The molecule has 100 valence electrons. The van der Waals surface area contributed by atoms with Crippen molar-refractivity contribution in [3.05, 3.63) is 41.6 Å². The Hall–Kier alpha value is -2.56. The van der Waals surface area contributed by atoms with Crippen LogP contribution in [0.4, 0.5) is 0 Å². The lowest BCUT2D eigenvalue weighted by atomic mass is 9.91. The molecule has 1 aliphatic heterocycles. The largest absolute Gasteiger partial charge is 0.298 e. The summed E-state index contributed by atoms with van der Waals surface area (Å²) < 4.78 is 0. The fourth-order valence-corrected chi connectivity index (χ4v) is 2.50. The second kappa shape index (κ2) is 4.85. The predicted molar refractivity (Wildman–Crippen MR) is 72.3 cm³/mol. The van der Waals surface area contributed by atoms with Crippen molar-refractivity contribution in [1.29, 1.82) is 0 Å². The molecule has 1 aromatic heterocycles. The summed E-state index contributed by atoms with van der Waals surface area (Å²) in [7, 11) is 0. The molecule has 5 nitrogen and oxygen atoms in total. The van der Waals surface area contributed by atoms with Gasteiger partial charge in [0, 0.05) is 23.6 Å². The number of fused-ring (bicyclic) bond motifs is 1. The minimum Gasteiger partial charge on any atom is -0.298 e. The van der Waals surface area contributed by atoms with Gasteiger partial charge in [0.2, 0.25) is 11.8 Å². The molecular formula is C15H12N2O3. The molecule has 1 atom stereocenters. The lowest BCUT2D eigenvalue weighted by Crippen LogP contribution is -2.39. The summed E-state index contributed by atoms with van der Waals surface area (Å²) in [6.45, 7) is 0. The molecule has 1 aromatic carbocycles. The highest BCUT2D eigenvalue weighted by Crippen LogP contribution is 2.27. The molecule has 2 amide bonds. The van der Waals surface area contributed by atoms with E-state index >= 15 is 0 Å². The highest BCUT2D eigenvalue weighted by molar-refractivity contribution is 6.01. The number of nitrogens with one attached hydrogen (secondary N) is 1. The molecule has 5 heteroatoms. The second-order valence-corrected chi connectivity index (χ2v) is 4.81. The number of aldehydes is 1. The van der Waals surface area contributed by atoms with E-state index in [4.69, 9.17) is 0 Å². The van der Waals surface area contributed by atoms with Crippen LogP contribution in [0.25, 0.3) is 10.9 Å². The van der Waals surface area contributed by atoms with Gasteiger partial charge in [0.05, 0.1) is 11.4 Å². The number of hydrogen-bond donors (Lipinski definition) is 1. The average molecular weight is 268 g/mol. The third-order valence-corrected chi connectivity index (χ3v) is 3.53. The van der Waals surface area contributed by atoms with Crippen LogP contribution < -0.4 is 5.32 Å². The minimum atomic E-state index is -0.357. The van der Waals surface area contributed by atoms with Crippen molar-refractivity contribution in [2.45, 2.75) is 18.8 Å². The van der Waals surface area contributed by atoms with Crippen LogP contribution >= 0.6 is 0 Å². The molecular weight excluding hydrogens is 256 g/mol. The maximum Gasteiger partial charge on any atom is 0.234 e. The molecule has 0 spiro atoms. The van der Waals surface area contributed by atoms with Gasteiger partial charge >= 0.3 is 0 Å². The standard InChI is InChI=1S/C15H12N2O3/c18-8-10-3-1-2-9-6-11(7-16-14(9)10)12-4-5-13(19)17-15(12)20/h1-3,6-8,12H,4-5H2,(H,17,19,20). The lowest BCUT2D eigenvalue weighted by Gasteiger charge is -2.21. The number of hydrogen-bond acceptors (Lipinski definition) is 4. The Labute approximate surface area is 115 Å². The first-order chi connectivity index (χ1) is 9.69. The van der Waals surface area contributed by atoms with Gasteiger partial charge in [-0.3, -0.25) is 24.7 Å². The van der Waals surface area contributed by atoms with E-state index in [-0.39, 0.29) is 17.7 Å². The smallest absolute Gasteiger partial charge is 0.234 e. The van der Waals surface area contributed by atoms with Crippen molar-refractivity contribution in [2.75, 3.05) is 0 Å². The zero-order valence-electron chi connectivity index (χ0n) is 10.6.